The molecule has 2 unspecified atom stereocenters. The molecular formula is C18H25N3O3. The SMILES string of the molecule is CC(CC(O)c1ccccc1)NC(=O)CCc1nc(C(C)C)no1. The Morgan fingerprint density at radius 3 is 2.58 bits per heavy atom. The Morgan fingerprint density at radius 2 is 1.96 bits per heavy atom. The molecule has 0 aliphatic carbocycles. The molecule has 1 aromatic carbocycles. The Hall–Kier alpha value is -2.21. The molecule has 0 radical (unpaired) electrons. The normalized spacial score (nSPS) is 13.7. The minimum Gasteiger partial charge on any atom is -0.388 e. The molecule has 2 N–H and O–H groups in total. The second-order valence-electron chi connectivity index (χ2n) is 6.33. The highest BCUT2D eigenvalue weighted by atomic mass is 16.5. The van der Waals surface area contributed by atoms with Crippen molar-refractivity contribution in [1.82, 2.24) is 15.5 Å². The van der Waals surface area contributed by atoms with E-state index >= 15 is 0 Å². The van der Waals surface area contributed by atoms with Crippen molar-refractivity contribution in [1.29, 1.82) is 0 Å². The first kappa shape index (κ1) is 18.1. The van der Waals surface area contributed by atoms with Gasteiger partial charge in [-0.3, -0.25) is 4.79 Å². The first-order chi connectivity index (χ1) is 11.5. The Kier molecular flexibility index (Phi) is 6.49. The minimum absolute atomic E-state index is 0.0907. The summed E-state index contributed by atoms with van der Waals surface area (Å²) in [6, 6.07) is 9.31. The van der Waals surface area contributed by atoms with Crippen molar-refractivity contribution in [2.75, 3.05) is 0 Å². The van der Waals surface area contributed by atoms with Crippen LogP contribution in [0.4, 0.5) is 0 Å². The van der Waals surface area contributed by atoms with Crippen molar-refractivity contribution in [3.63, 3.8) is 0 Å². The molecular weight excluding hydrogens is 306 g/mol. The molecule has 0 aliphatic rings. The number of amides is 1. The Morgan fingerprint density at radius 1 is 1.25 bits per heavy atom. The summed E-state index contributed by atoms with van der Waals surface area (Å²) in [5.41, 5.74) is 0.852. The molecule has 0 spiro atoms. The van der Waals surface area contributed by atoms with E-state index in [1.165, 1.54) is 0 Å². The number of aryl methyl sites for hydroxylation is 1. The molecule has 0 bridgehead atoms. The van der Waals surface area contributed by atoms with Crippen molar-refractivity contribution < 1.29 is 14.4 Å². The lowest BCUT2D eigenvalue weighted by molar-refractivity contribution is -0.121. The molecule has 24 heavy (non-hydrogen) atoms. The van der Waals surface area contributed by atoms with Gasteiger partial charge in [-0.15, -0.1) is 0 Å². The zero-order chi connectivity index (χ0) is 17.5. The minimum atomic E-state index is -0.592. The maximum Gasteiger partial charge on any atom is 0.227 e. The quantitative estimate of drug-likeness (QED) is 0.776. The molecule has 0 saturated carbocycles. The molecule has 2 rings (SSSR count). The van der Waals surface area contributed by atoms with Crippen molar-refractivity contribution >= 4 is 5.91 Å². The van der Waals surface area contributed by atoms with Gasteiger partial charge in [-0.25, -0.2) is 0 Å². The zero-order valence-corrected chi connectivity index (χ0v) is 14.4. The van der Waals surface area contributed by atoms with Gasteiger partial charge in [-0.2, -0.15) is 4.98 Å². The summed E-state index contributed by atoms with van der Waals surface area (Å²) < 4.78 is 5.12. The number of aliphatic hydroxyl groups is 1. The van der Waals surface area contributed by atoms with Crippen molar-refractivity contribution in [2.45, 2.75) is 58.1 Å². The lowest BCUT2D eigenvalue weighted by atomic mass is 10.0. The highest BCUT2D eigenvalue weighted by Gasteiger charge is 2.15. The van der Waals surface area contributed by atoms with Crippen LogP contribution in [0, 0.1) is 0 Å². The summed E-state index contributed by atoms with van der Waals surface area (Å²) >= 11 is 0. The van der Waals surface area contributed by atoms with Gasteiger partial charge in [0, 0.05) is 24.8 Å². The third kappa shape index (κ3) is 5.45. The predicted octanol–water partition coefficient (Wildman–Crippen LogP) is 2.75. The number of rotatable bonds is 8. The fourth-order valence-corrected chi connectivity index (χ4v) is 2.38. The lowest BCUT2D eigenvalue weighted by Crippen LogP contribution is -2.33. The Balaban J connectivity index is 1.75. The maximum absolute atomic E-state index is 12.0. The fourth-order valence-electron chi connectivity index (χ4n) is 2.38. The van der Waals surface area contributed by atoms with Gasteiger partial charge in [-0.1, -0.05) is 49.3 Å². The smallest absolute Gasteiger partial charge is 0.227 e. The average molecular weight is 331 g/mol. The number of carbonyl (C=O) groups excluding carboxylic acids is 1. The van der Waals surface area contributed by atoms with Gasteiger partial charge >= 0.3 is 0 Å². The van der Waals surface area contributed by atoms with Crippen LogP contribution in [0.15, 0.2) is 34.9 Å². The number of carbonyl (C=O) groups is 1. The number of hydrogen-bond donors (Lipinski definition) is 2. The van der Waals surface area contributed by atoms with Gasteiger partial charge in [0.1, 0.15) is 0 Å². The van der Waals surface area contributed by atoms with Gasteiger partial charge in [0.2, 0.25) is 11.8 Å². The first-order valence-electron chi connectivity index (χ1n) is 8.30. The summed E-state index contributed by atoms with van der Waals surface area (Å²) in [7, 11) is 0. The van der Waals surface area contributed by atoms with Crippen molar-refractivity contribution in [2.24, 2.45) is 0 Å². The van der Waals surface area contributed by atoms with E-state index in [0.29, 0.717) is 24.6 Å². The highest BCUT2D eigenvalue weighted by Crippen LogP contribution is 2.17. The predicted molar refractivity (Wildman–Crippen MR) is 90.3 cm³/mol. The topological polar surface area (TPSA) is 88.2 Å². The average Bonchev–Trinajstić information content (AvgIpc) is 3.03. The number of nitrogens with one attached hydrogen (secondary N) is 1. The Bertz CT molecular complexity index is 640. The van der Waals surface area contributed by atoms with E-state index in [1.807, 2.05) is 51.1 Å². The van der Waals surface area contributed by atoms with Crippen LogP contribution in [-0.2, 0) is 11.2 Å². The third-order valence-corrected chi connectivity index (χ3v) is 3.73. The summed E-state index contributed by atoms with van der Waals surface area (Å²) in [4.78, 5) is 16.3. The number of aromatic nitrogens is 2. The standard InChI is InChI=1S/C18H25N3O3/c1-12(2)18-20-17(24-21-18)10-9-16(23)19-13(3)11-15(22)14-7-5-4-6-8-14/h4-8,12-13,15,22H,9-11H2,1-3H3,(H,19,23). The van der Waals surface area contributed by atoms with Gasteiger partial charge < -0.3 is 14.9 Å². The highest BCUT2D eigenvalue weighted by molar-refractivity contribution is 5.76. The molecule has 130 valence electrons. The largest absolute Gasteiger partial charge is 0.388 e. The van der Waals surface area contributed by atoms with Crippen LogP contribution in [0.2, 0.25) is 0 Å². The van der Waals surface area contributed by atoms with Crippen LogP contribution >= 0.6 is 0 Å². The summed E-state index contributed by atoms with van der Waals surface area (Å²) in [6.07, 6.45) is 0.574. The molecule has 1 amide bonds. The van der Waals surface area contributed by atoms with Crippen LogP contribution in [0.5, 0.6) is 0 Å². The van der Waals surface area contributed by atoms with Gasteiger partial charge in [0.25, 0.3) is 0 Å². The zero-order valence-electron chi connectivity index (χ0n) is 14.4. The third-order valence-electron chi connectivity index (χ3n) is 3.73. The number of benzene rings is 1. The molecule has 0 fully saturated rings. The van der Waals surface area contributed by atoms with Gasteiger partial charge in [-0.05, 0) is 18.9 Å². The number of nitrogens with zero attached hydrogens (tertiary/aromatic N) is 2. The molecule has 6 nitrogen and oxygen atoms in total. The molecule has 2 atom stereocenters. The van der Waals surface area contributed by atoms with Crippen LogP contribution in [0.25, 0.3) is 0 Å². The fraction of sp³-hybridized carbons (Fsp3) is 0.500. The molecule has 1 heterocycles. The molecule has 6 heteroatoms. The lowest BCUT2D eigenvalue weighted by Gasteiger charge is -2.18. The molecule has 1 aromatic heterocycles. The second kappa shape index (κ2) is 8.59. The van der Waals surface area contributed by atoms with Crippen molar-refractivity contribution in [3.8, 4) is 0 Å². The van der Waals surface area contributed by atoms with Gasteiger partial charge in [0.15, 0.2) is 5.82 Å². The first-order valence-corrected chi connectivity index (χ1v) is 8.30. The van der Waals surface area contributed by atoms with Crippen LogP contribution in [0.1, 0.15) is 62.9 Å². The van der Waals surface area contributed by atoms with E-state index in [1.54, 1.807) is 0 Å². The summed E-state index contributed by atoms with van der Waals surface area (Å²) in [5.74, 6) is 1.25. The van der Waals surface area contributed by atoms with E-state index in [0.717, 1.165) is 5.56 Å². The van der Waals surface area contributed by atoms with E-state index in [9.17, 15) is 9.90 Å². The second-order valence-corrected chi connectivity index (χ2v) is 6.33. The number of aliphatic hydroxyl groups excluding tert-OH is 1. The monoisotopic (exact) mass is 331 g/mol. The number of hydrogen-bond acceptors (Lipinski definition) is 5. The van der Waals surface area contributed by atoms with Crippen LogP contribution in [-0.4, -0.2) is 27.2 Å². The van der Waals surface area contributed by atoms with E-state index in [4.69, 9.17) is 4.52 Å². The molecule has 0 aliphatic heterocycles. The van der Waals surface area contributed by atoms with Crippen LogP contribution < -0.4 is 5.32 Å². The van der Waals surface area contributed by atoms with Crippen molar-refractivity contribution in [3.05, 3.63) is 47.6 Å². The van der Waals surface area contributed by atoms with E-state index in [2.05, 4.69) is 15.5 Å². The van der Waals surface area contributed by atoms with Crippen LogP contribution in [0.3, 0.4) is 0 Å². The van der Waals surface area contributed by atoms with Gasteiger partial charge in [0.05, 0.1) is 6.10 Å². The maximum atomic E-state index is 12.0. The molecule has 0 saturated heterocycles. The van der Waals surface area contributed by atoms with E-state index in [-0.39, 0.29) is 24.3 Å². The summed E-state index contributed by atoms with van der Waals surface area (Å²) in [5, 5.41) is 17.0. The summed E-state index contributed by atoms with van der Waals surface area (Å²) in [6.45, 7) is 5.86. The van der Waals surface area contributed by atoms with E-state index < -0.39 is 6.10 Å². The molecule has 2 aromatic rings. The Labute approximate surface area is 142 Å².